The van der Waals surface area contributed by atoms with Crippen molar-refractivity contribution >= 4 is 10.0 Å². The Bertz CT molecular complexity index is 264. The fourth-order valence-electron chi connectivity index (χ4n) is 0.710. The van der Waals surface area contributed by atoms with Gasteiger partial charge in [0.15, 0.2) is 0 Å². The van der Waals surface area contributed by atoms with Crippen molar-refractivity contribution in [3.8, 4) is 6.07 Å². The van der Waals surface area contributed by atoms with Crippen LogP contribution in [0.25, 0.3) is 0 Å². The van der Waals surface area contributed by atoms with Gasteiger partial charge in [0.25, 0.3) is 0 Å². The van der Waals surface area contributed by atoms with Gasteiger partial charge in [0.1, 0.15) is 0 Å². The third kappa shape index (κ3) is 5.61. The van der Waals surface area contributed by atoms with Crippen LogP contribution < -0.4 is 4.72 Å². The molecule has 0 heterocycles. The quantitative estimate of drug-likeness (QED) is 0.656. The second kappa shape index (κ2) is 5.95. The average molecular weight is 204 g/mol. The maximum absolute atomic E-state index is 11.2. The zero-order valence-electron chi connectivity index (χ0n) is 8.08. The van der Waals surface area contributed by atoms with E-state index in [0.717, 1.165) is 12.8 Å². The fourth-order valence-corrected chi connectivity index (χ4v) is 1.47. The van der Waals surface area contributed by atoms with Crippen molar-refractivity contribution in [2.45, 2.75) is 38.4 Å². The summed E-state index contributed by atoms with van der Waals surface area (Å²) in [6, 6.07) is 2.01. The monoisotopic (exact) mass is 204 g/mol. The van der Waals surface area contributed by atoms with E-state index >= 15 is 0 Å². The highest BCUT2D eigenvalue weighted by molar-refractivity contribution is 7.90. The predicted molar refractivity (Wildman–Crippen MR) is 51.5 cm³/mol. The number of hydrogen-bond acceptors (Lipinski definition) is 3. The number of rotatable bonds is 6. The highest BCUT2D eigenvalue weighted by atomic mass is 32.2. The second-order valence-electron chi connectivity index (χ2n) is 3.10. The van der Waals surface area contributed by atoms with E-state index in [1.54, 1.807) is 13.8 Å². The second-order valence-corrected chi connectivity index (χ2v) is 5.42. The Morgan fingerprint density at radius 1 is 1.38 bits per heavy atom. The van der Waals surface area contributed by atoms with Crippen LogP contribution in [0.3, 0.4) is 0 Å². The summed E-state index contributed by atoms with van der Waals surface area (Å²) in [7, 11) is -3.12. The maximum atomic E-state index is 11.2. The Morgan fingerprint density at radius 2 is 2.00 bits per heavy atom. The molecule has 0 amide bonds. The van der Waals surface area contributed by atoms with E-state index < -0.39 is 10.0 Å². The zero-order chi connectivity index (χ0) is 10.3. The smallest absolute Gasteiger partial charge is 0.213 e. The molecule has 0 aromatic heterocycles. The van der Waals surface area contributed by atoms with Gasteiger partial charge in [-0.25, -0.2) is 13.1 Å². The first kappa shape index (κ1) is 12.4. The molecule has 0 bridgehead atoms. The summed E-state index contributed by atoms with van der Waals surface area (Å²) in [5, 5.41) is 7.84. The molecule has 1 N–H and O–H groups in total. The van der Waals surface area contributed by atoms with Gasteiger partial charge in [-0.1, -0.05) is 0 Å². The molecule has 0 aromatic rings. The van der Waals surface area contributed by atoms with Crippen LogP contribution >= 0.6 is 0 Å². The normalized spacial score (nSPS) is 11.5. The molecule has 0 aliphatic carbocycles. The molecule has 0 rings (SSSR count). The van der Waals surface area contributed by atoms with E-state index in [4.69, 9.17) is 5.26 Å². The first-order valence-corrected chi connectivity index (χ1v) is 5.90. The minimum atomic E-state index is -3.12. The summed E-state index contributed by atoms with van der Waals surface area (Å²) in [5.74, 6) is 0. The van der Waals surface area contributed by atoms with Crippen molar-refractivity contribution in [2.75, 3.05) is 6.54 Å². The summed E-state index contributed by atoms with van der Waals surface area (Å²) in [6.07, 6.45) is 1.96. The standard InChI is InChI=1S/C8H16N2O2S/c1-8(2)13(11,12)10-7-5-3-4-6-9/h8,10H,3-5,7H2,1-2H3. The lowest BCUT2D eigenvalue weighted by molar-refractivity contribution is 0.568. The number of nitrogens with one attached hydrogen (secondary N) is 1. The maximum Gasteiger partial charge on any atom is 0.213 e. The van der Waals surface area contributed by atoms with Crippen LogP contribution in [0, 0.1) is 11.3 Å². The molecule has 76 valence electrons. The zero-order valence-corrected chi connectivity index (χ0v) is 8.89. The number of nitrogens with zero attached hydrogens (tertiary/aromatic N) is 1. The number of nitriles is 1. The fraction of sp³-hybridized carbons (Fsp3) is 0.875. The van der Waals surface area contributed by atoms with E-state index in [9.17, 15) is 8.42 Å². The first-order valence-electron chi connectivity index (χ1n) is 4.36. The predicted octanol–water partition coefficient (Wildman–Crippen LogP) is 1.01. The van der Waals surface area contributed by atoms with Gasteiger partial charge in [-0.15, -0.1) is 0 Å². The van der Waals surface area contributed by atoms with Crippen LogP contribution in [0.1, 0.15) is 33.1 Å². The highest BCUT2D eigenvalue weighted by Gasteiger charge is 2.13. The lowest BCUT2D eigenvalue weighted by Gasteiger charge is -2.08. The molecule has 0 saturated heterocycles. The van der Waals surface area contributed by atoms with Gasteiger partial charge in [-0.3, -0.25) is 0 Å². The van der Waals surface area contributed by atoms with Crippen LogP contribution in [0.5, 0.6) is 0 Å². The minimum Gasteiger partial charge on any atom is -0.215 e. The Kier molecular flexibility index (Phi) is 5.67. The van der Waals surface area contributed by atoms with Crippen molar-refractivity contribution in [3.05, 3.63) is 0 Å². The van der Waals surface area contributed by atoms with Crippen LogP contribution in [-0.2, 0) is 10.0 Å². The van der Waals surface area contributed by atoms with Crippen molar-refractivity contribution in [2.24, 2.45) is 0 Å². The summed E-state index contributed by atoms with van der Waals surface area (Å²) >= 11 is 0. The topological polar surface area (TPSA) is 70.0 Å². The molecule has 0 aliphatic rings. The first-order chi connectivity index (χ1) is 6.00. The van der Waals surface area contributed by atoms with Crippen LogP contribution in [-0.4, -0.2) is 20.2 Å². The van der Waals surface area contributed by atoms with Crippen molar-refractivity contribution in [1.29, 1.82) is 5.26 Å². The molecule has 0 radical (unpaired) electrons. The van der Waals surface area contributed by atoms with Crippen molar-refractivity contribution in [1.82, 2.24) is 4.72 Å². The molecule has 4 nitrogen and oxygen atoms in total. The lowest BCUT2D eigenvalue weighted by Crippen LogP contribution is -2.31. The Hall–Kier alpha value is -0.600. The van der Waals surface area contributed by atoms with Crippen LogP contribution in [0.15, 0.2) is 0 Å². The van der Waals surface area contributed by atoms with Gasteiger partial charge in [0.2, 0.25) is 10.0 Å². The Balaban J connectivity index is 3.61. The van der Waals surface area contributed by atoms with E-state index in [2.05, 4.69) is 4.72 Å². The van der Waals surface area contributed by atoms with Gasteiger partial charge < -0.3 is 0 Å². The number of hydrogen-bond donors (Lipinski definition) is 1. The molecule has 0 saturated carbocycles. The number of sulfonamides is 1. The van der Waals surface area contributed by atoms with Gasteiger partial charge >= 0.3 is 0 Å². The summed E-state index contributed by atoms with van der Waals surface area (Å²) in [5.41, 5.74) is 0. The molecule has 0 fully saturated rings. The van der Waals surface area contributed by atoms with Gasteiger partial charge in [-0.2, -0.15) is 5.26 Å². The molecule has 0 atom stereocenters. The average Bonchev–Trinajstić information content (AvgIpc) is 2.03. The van der Waals surface area contributed by atoms with Gasteiger partial charge in [0, 0.05) is 13.0 Å². The molecular formula is C8H16N2O2S. The van der Waals surface area contributed by atoms with Gasteiger partial charge in [0.05, 0.1) is 11.3 Å². The Labute approximate surface area is 80.0 Å². The molecule has 0 spiro atoms. The van der Waals surface area contributed by atoms with E-state index in [1.165, 1.54) is 0 Å². The molecule has 5 heteroatoms. The Morgan fingerprint density at radius 3 is 2.46 bits per heavy atom. The van der Waals surface area contributed by atoms with Crippen LogP contribution in [0.2, 0.25) is 0 Å². The molecule has 13 heavy (non-hydrogen) atoms. The molecule has 0 unspecified atom stereocenters. The van der Waals surface area contributed by atoms with E-state index in [-0.39, 0.29) is 5.25 Å². The largest absolute Gasteiger partial charge is 0.215 e. The van der Waals surface area contributed by atoms with Gasteiger partial charge in [-0.05, 0) is 26.7 Å². The van der Waals surface area contributed by atoms with Crippen molar-refractivity contribution < 1.29 is 8.42 Å². The van der Waals surface area contributed by atoms with Crippen LogP contribution in [0.4, 0.5) is 0 Å². The molecular weight excluding hydrogens is 188 g/mol. The summed E-state index contributed by atoms with van der Waals surface area (Å²) in [6.45, 7) is 3.71. The van der Waals surface area contributed by atoms with E-state index in [1.807, 2.05) is 6.07 Å². The summed E-state index contributed by atoms with van der Waals surface area (Å²) < 4.78 is 24.9. The third-order valence-electron chi connectivity index (χ3n) is 1.64. The molecule has 0 aliphatic heterocycles. The van der Waals surface area contributed by atoms with E-state index in [0.29, 0.717) is 13.0 Å². The molecule has 0 aromatic carbocycles. The number of unbranched alkanes of at least 4 members (excludes halogenated alkanes) is 2. The lowest BCUT2D eigenvalue weighted by atomic mass is 10.2. The minimum absolute atomic E-state index is 0.386. The van der Waals surface area contributed by atoms with Crippen molar-refractivity contribution in [3.63, 3.8) is 0 Å². The SMILES string of the molecule is CC(C)S(=O)(=O)NCCCCC#N. The highest BCUT2D eigenvalue weighted by Crippen LogP contribution is 1.97. The third-order valence-corrected chi connectivity index (χ3v) is 3.49. The summed E-state index contributed by atoms with van der Waals surface area (Å²) in [4.78, 5) is 0.